The van der Waals surface area contributed by atoms with Crippen LogP contribution < -0.4 is 5.48 Å². The molecule has 1 saturated heterocycles. The van der Waals surface area contributed by atoms with Crippen molar-refractivity contribution in [3.05, 3.63) is 0 Å². The van der Waals surface area contributed by atoms with Crippen LogP contribution in [-0.4, -0.2) is 13.2 Å². The third-order valence-corrected chi connectivity index (χ3v) is 1.48. The second-order valence-electron chi connectivity index (χ2n) is 2.44. The topological polar surface area (TPSA) is 21.3 Å². The molecule has 2 heteroatoms. The molecule has 0 aromatic heterocycles. The van der Waals surface area contributed by atoms with E-state index in [0.717, 1.165) is 19.1 Å². The summed E-state index contributed by atoms with van der Waals surface area (Å²) in [7, 11) is 0. The van der Waals surface area contributed by atoms with Gasteiger partial charge in [0.1, 0.15) is 0 Å². The highest BCUT2D eigenvalue weighted by atomic mass is 16.6. The first-order chi connectivity index (χ1) is 3.89. The van der Waals surface area contributed by atoms with Crippen LogP contribution in [0.4, 0.5) is 0 Å². The van der Waals surface area contributed by atoms with Gasteiger partial charge in [0.15, 0.2) is 0 Å². The Morgan fingerprint density at radius 1 is 1.62 bits per heavy atom. The Hall–Kier alpha value is -0.0800. The molecule has 0 bridgehead atoms. The normalized spacial score (nSPS) is 31.9. The van der Waals surface area contributed by atoms with E-state index in [1.54, 1.807) is 0 Å². The molecule has 48 valence electrons. The van der Waals surface area contributed by atoms with E-state index in [4.69, 9.17) is 4.84 Å². The Bertz CT molecular complexity index is 57.5. The van der Waals surface area contributed by atoms with E-state index in [1.165, 1.54) is 12.8 Å². The van der Waals surface area contributed by atoms with Gasteiger partial charge in [-0.15, -0.1) is 0 Å². The molecular formula is C6H13NO. The van der Waals surface area contributed by atoms with Crippen molar-refractivity contribution in [1.29, 1.82) is 0 Å². The van der Waals surface area contributed by atoms with Crippen LogP contribution >= 0.6 is 0 Å². The summed E-state index contributed by atoms with van der Waals surface area (Å²) in [6.07, 6.45) is 2.50. The minimum atomic E-state index is 0.789. The first-order valence-electron chi connectivity index (χ1n) is 3.24. The lowest BCUT2D eigenvalue weighted by atomic mass is 10.1. The molecule has 1 fully saturated rings. The third-order valence-electron chi connectivity index (χ3n) is 1.48. The molecule has 0 spiro atoms. The molecule has 0 amide bonds. The van der Waals surface area contributed by atoms with Crippen molar-refractivity contribution in [2.24, 2.45) is 5.92 Å². The zero-order valence-electron chi connectivity index (χ0n) is 5.31. The summed E-state index contributed by atoms with van der Waals surface area (Å²) in [6.45, 7) is 4.13. The zero-order chi connectivity index (χ0) is 5.82. The van der Waals surface area contributed by atoms with E-state index in [2.05, 4.69) is 12.4 Å². The second-order valence-corrected chi connectivity index (χ2v) is 2.44. The van der Waals surface area contributed by atoms with E-state index in [0.29, 0.717) is 0 Å². The van der Waals surface area contributed by atoms with E-state index in [-0.39, 0.29) is 0 Å². The van der Waals surface area contributed by atoms with Crippen LogP contribution in [0.2, 0.25) is 0 Å². The molecule has 0 aromatic rings. The summed E-state index contributed by atoms with van der Waals surface area (Å²) in [5.74, 6) is 0.789. The van der Waals surface area contributed by atoms with Crippen LogP contribution in [0.3, 0.4) is 0 Å². The van der Waals surface area contributed by atoms with Gasteiger partial charge in [0.05, 0.1) is 6.61 Å². The fraction of sp³-hybridized carbons (Fsp3) is 1.00. The largest absolute Gasteiger partial charge is 0.302 e. The molecule has 0 radical (unpaired) electrons. The van der Waals surface area contributed by atoms with Crippen LogP contribution in [-0.2, 0) is 4.84 Å². The van der Waals surface area contributed by atoms with E-state index < -0.39 is 0 Å². The second kappa shape index (κ2) is 3.05. The summed E-state index contributed by atoms with van der Waals surface area (Å²) < 4.78 is 0. The highest BCUT2D eigenvalue weighted by molar-refractivity contribution is 4.55. The SMILES string of the molecule is C[C@H]1CCCONC1. The van der Waals surface area contributed by atoms with Gasteiger partial charge in [-0.1, -0.05) is 6.92 Å². The lowest BCUT2D eigenvalue weighted by molar-refractivity contribution is 0.0498. The van der Waals surface area contributed by atoms with Crippen LogP contribution in [0.5, 0.6) is 0 Å². The van der Waals surface area contributed by atoms with Crippen molar-refractivity contribution < 1.29 is 4.84 Å². The van der Waals surface area contributed by atoms with Crippen molar-refractivity contribution in [3.63, 3.8) is 0 Å². The van der Waals surface area contributed by atoms with Gasteiger partial charge in [-0.3, -0.25) is 0 Å². The fourth-order valence-corrected chi connectivity index (χ4v) is 0.879. The molecule has 1 aliphatic heterocycles. The lowest BCUT2D eigenvalue weighted by Crippen LogP contribution is -2.17. The number of rotatable bonds is 0. The number of hydrogen-bond acceptors (Lipinski definition) is 2. The number of hydroxylamine groups is 1. The Morgan fingerprint density at radius 2 is 2.50 bits per heavy atom. The molecule has 1 aliphatic rings. The number of hydrogen-bond donors (Lipinski definition) is 1. The number of nitrogens with one attached hydrogen (secondary N) is 1. The minimum absolute atomic E-state index is 0.789. The Labute approximate surface area is 50.2 Å². The van der Waals surface area contributed by atoms with Crippen molar-refractivity contribution in [2.45, 2.75) is 19.8 Å². The quantitative estimate of drug-likeness (QED) is 0.507. The highest BCUT2D eigenvalue weighted by Crippen LogP contribution is 2.06. The van der Waals surface area contributed by atoms with E-state index >= 15 is 0 Å². The van der Waals surface area contributed by atoms with Gasteiger partial charge in [-0.05, 0) is 18.8 Å². The average Bonchev–Trinajstić information content (AvgIpc) is 1.94. The van der Waals surface area contributed by atoms with Gasteiger partial charge in [-0.2, -0.15) is 0 Å². The maximum atomic E-state index is 5.01. The lowest BCUT2D eigenvalue weighted by Gasteiger charge is -2.02. The molecular weight excluding hydrogens is 102 g/mol. The highest BCUT2D eigenvalue weighted by Gasteiger charge is 2.04. The summed E-state index contributed by atoms with van der Waals surface area (Å²) >= 11 is 0. The Morgan fingerprint density at radius 3 is 3.38 bits per heavy atom. The van der Waals surface area contributed by atoms with Crippen LogP contribution in [0.1, 0.15) is 19.8 Å². The first-order valence-corrected chi connectivity index (χ1v) is 3.24. The zero-order valence-corrected chi connectivity index (χ0v) is 5.31. The Balaban J connectivity index is 2.17. The standard InChI is InChI=1S/C6H13NO/c1-6-3-2-4-8-7-5-6/h6-7H,2-5H2,1H3/t6-/m0/s1. The summed E-state index contributed by atoms with van der Waals surface area (Å²) in [5, 5.41) is 0. The summed E-state index contributed by atoms with van der Waals surface area (Å²) in [5.41, 5.74) is 2.90. The van der Waals surface area contributed by atoms with E-state index in [1.807, 2.05) is 0 Å². The molecule has 2 nitrogen and oxygen atoms in total. The minimum Gasteiger partial charge on any atom is -0.302 e. The van der Waals surface area contributed by atoms with Crippen molar-refractivity contribution in [3.8, 4) is 0 Å². The van der Waals surface area contributed by atoms with Crippen LogP contribution in [0.15, 0.2) is 0 Å². The molecule has 8 heavy (non-hydrogen) atoms. The average molecular weight is 115 g/mol. The van der Waals surface area contributed by atoms with Gasteiger partial charge < -0.3 is 4.84 Å². The van der Waals surface area contributed by atoms with Crippen LogP contribution in [0.25, 0.3) is 0 Å². The summed E-state index contributed by atoms with van der Waals surface area (Å²) in [4.78, 5) is 5.01. The van der Waals surface area contributed by atoms with E-state index in [9.17, 15) is 0 Å². The van der Waals surface area contributed by atoms with Gasteiger partial charge in [0.25, 0.3) is 0 Å². The molecule has 0 aromatic carbocycles. The van der Waals surface area contributed by atoms with Crippen molar-refractivity contribution >= 4 is 0 Å². The maximum Gasteiger partial charge on any atom is 0.0682 e. The monoisotopic (exact) mass is 115 g/mol. The maximum absolute atomic E-state index is 5.01. The smallest absolute Gasteiger partial charge is 0.0682 e. The van der Waals surface area contributed by atoms with Gasteiger partial charge in [0, 0.05) is 6.54 Å². The molecule has 1 heterocycles. The van der Waals surface area contributed by atoms with Gasteiger partial charge >= 0.3 is 0 Å². The molecule has 1 rings (SSSR count). The van der Waals surface area contributed by atoms with Crippen molar-refractivity contribution in [1.82, 2.24) is 5.48 Å². The first kappa shape index (κ1) is 6.05. The predicted octanol–water partition coefficient (Wildman–Crippen LogP) is 0.938. The van der Waals surface area contributed by atoms with Crippen LogP contribution in [0, 0.1) is 5.92 Å². The van der Waals surface area contributed by atoms with Gasteiger partial charge in [-0.25, -0.2) is 5.48 Å². The molecule has 0 aliphatic carbocycles. The Kier molecular flexibility index (Phi) is 2.30. The molecule has 1 atom stereocenters. The summed E-state index contributed by atoms with van der Waals surface area (Å²) in [6, 6.07) is 0. The predicted molar refractivity (Wildman–Crippen MR) is 32.4 cm³/mol. The molecule has 0 saturated carbocycles. The molecule has 1 N–H and O–H groups in total. The molecule has 0 unspecified atom stereocenters. The fourth-order valence-electron chi connectivity index (χ4n) is 0.879. The van der Waals surface area contributed by atoms with Gasteiger partial charge in [0.2, 0.25) is 0 Å². The van der Waals surface area contributed by atoms with Crippen molar-refractivity contribution in [2.75, 3.05) is 13.2 Å². The third kappa shape index (κ3) is 1.80.